The molecule has 0 fully saturated rings. The molecule has 13 heavy (non-hydrogen) atoms. The highest BCUT2D eigenvalue weighted by Crippen LogP contribution is 2.19. The number of aromatic nitrogens is 1. The summed E-state index contributed by atoms with van der Waals surface area (Å²) in [6, 6.07) is 5.57. The molecule has 4 heteroatoms. The average Bonchev–Trinajstić information content (AvgIpc) is 2.19. The monoisotopic (exact) mass is 194 g/mol. The zero-order chi connectivity index (χ0) is 9.52. The maximum absolute atomic E-state index is 8.72. The van der Waals surface area contributed by atoms with E-state index in [2.05, 4.69) is 11.1 Å². The Kier molecular flexibility index (Phi) is 4.30. The van der Waals surface area contributed by atoms with E-state index >= 15 is 0 Å². The average molecular weight is 194 g/mol. The number of aliphatic hydroxyl groups excluding tert-OH is 1. The molecule has 0 unspecified atom stereocenters. The van der Waals surface area contributed by atoms with Crippen LogP contribution in [0.3, 0.4) is 0 Å². The predicted molar refractivity (Wildman–Crippen MR) is 51.4 cm³/mol. The molecule has 0 spiro atoms. The summed E-state index contributed by atoms with van der Waals surface area (Å²) in [7, 11) is 0. The van der Waals surface area contributed by atoms with Crippen LogP contribution in [0.15, 0.2) is 23.4 Å². The molecule has 0 aliphatic heterocycles. The van der Waals surface area contributed by atoms with Crippen LogP contribution in [-0.4, -0.2) is 22.5 Å². The van der Waals surface area contributed by atoms with Crippen molar-refractivity contribution in [2.75, 3.05) is 12.4 Å². The van der Waals surface area contributed by atoms with Crippen LogP contribution in [0, 0.1) is 11.3 Å². The van der Waals surface area contributed by atoms with Gasteiger partial charge in [-0.25, -0.2) is 4.98 Å². The van der Waals surface area contributed by atoms with Gasteiger partial charge >= 0.3 is 0 Å². The number of nitriles is 1. The van der Waals surface area contributed by atoms with Gasteiger partial charge in [0.2, 0.25) is 0 Å². The molecule has 0 aliphatic rings. The van der Waals surface area contributed by atoms with Crippen molar-refractivity contribution < 1.29 is 5.11 Å². The zero-order valence-electron chi connectivity index (χ0n) is 7.10. The van der Waals surface area contributed by atoms with Gasteiger partial charge in [-0.05, 0) is 18.6 Å². The molecule has 0 atom stereocenters. The molecular formula is C9H10N2OS. The van der Waals surface area contributed by atoms with E-state index in [9.17, 15) is 0 Å². The van der Waals surface area contributed by atoms with Crippen molar-refractivity contribution in [3.8, 4) is 6.07 Å². The predicted octanol–water partition coefficient (Wildman–Crippen LogP) is 1.43. The minimum Gasteiger partial charge on any atom is -0.396 e. The smallest absolute Gasteiger partial charge is 0.114 e. The molecule has 0 aromatic carbocycles. The minimum absolute atomic E-state index is 0.182. The third-order valence-corrected chi connectivity index (χ3v) is 2.52. The molecule has 1 N–H and O–H groups in total. The van der Waals surface area contributed by atoms with Gasteiger partial charge in [0.05, 0.1) is 5.56 Å². The minimum atomic E-state index is 0.182. The molecule has 3 nitrogen and oxygen atoms in total. The first-order valence-electron chi connectivity index (χ1n) is 3.97. The summed E-state index contributed by atoms with van der Waals surface area (Å²) in [6.45, 7) is 0.182. The van der Waals surface area contributed by atoms with Gasteiger partial charge in [0.15, 0.2) is 0 Å². The molecule has 0 saturated heterocycles. The Morgan fingerprint density at radius 2 is 2.46 bits per heavy atom. The van der Waals surface area contributed by atoms with Crippen LogP contribution in [0.1, 0.15) is 12.0 Å². The summed E-state index contributed by atoms with van der Waals surface area (Å²) in [5.41, 5.74) is 0.602. The number of nitrogens with zero attached hydrogens (tertiary/aromatic N) is 2. The lowest BCUT2D eigenvalue weighted by Crippen LogP contribution is -1.89. The van der Waals surface area contributed by atoms with E-state index in [4.69, 9.17) is 10.4 Å². The fraction of sp³-hybridized carbons (Fsp3) is 0.333. The van der Waals surface area contributed by atoms with Gasteiger partial charge in [-0.1, -0.05) is 0 Å². The van der Waals surface area contributed by atoms with Crippen molar-refractivity contribution in [1.29, 1.82) is 5.26 Å². The summed E-state index contributed by atoms with van der Waals surface area (Å²) in [4.78, 5) is 4.08. The van der Waals surface area contributed by atoms with Crippen molar-refractivity contribution >= 4 is 11.8 Å². The van der Waals surface area contributed by atoms with Crippen LogP contribution in [0.25, 0.3) is 0 Å². The van der Waals surface area contributed by atoms with Gasteiger partial charge in [0, 0.05) is 18.6 Å². The van der Waals surface area contributed by atoms with Gasteiger partial charge in [-0.2, -0.15) is 5.26 Å². The molecule has 0 amide bonds. The van der Waals surface area contributed by atoms with Crippen LogP contribution >= 0.6 is 11.8 Å². The largest absolute Gasteiger partial charge is 0.396 e. The Balaban J connectivity index is 2.60. The number of hydrogen-bond donors (Lipinski definition) is 1. The second kappa shape index (κ2) is 5.57. The molecule has 0 aliphatic carbocycles. The molecule has 0 saturated carbocycles. The fourth-order valence-electron chi connectivity index (χ4n) is 0.824. The number of aliphatic hydroxyl groups is 1. The van der Waals surface area contributed by atoms with E-state index < -0.39 is 0 Å². The molecule has 0 bridgehead atoms. The normalized spacial score (nSPS) is 9.54. The quantitative estimate of drug-likeness (QED) is 0.582. The number of hydrogen-bond acceptors (Lipinski definition) is 4. The van der Waals surface area contributed by atoms with Crippen molar-refractivity contribution in [1.82, 2.24) is 4.98 Å². The molecular weight excluding hydrogens is 184 g/mol. The van der Waals surface area contributed by atoms with E-state index in [0.29, 0.717) is 5.56 Å². The highest BCUT2D eigenvalue weighted by molar-refractivity contribution is 7.99. The third kappa shape index (κ3) is 3.05. The van der Waals surface area contributed by atoms with Crippen molar-refractivity contribution in [2.24, 2.45) is 0 Å². The summed E-state index contributed by atoms with van der Waals surface area (Å²) in [5.74, 6) is 0.794. The Bertz CT molecular complexity index is 309. The summed E-state index contributed by atoms with van der Waals surface area (Å²) in [5, 5.41) is 18.0. The first-order chi connectivity index (χ1) is 6.38. The Morgan fingerprint density at radius 1 is 1.62 bits per heavy atom. The summed E-state index contributed by atoms with van der Waals surface area (Å²) >= 11 is 1.50. The number of pyridine rings is 1. The molecule has 1 heterocycles. The second-order valence-corrected chi connectivity index (χ2v) is 3.48. The fourth-order valence-corrected chi connectivity index (χ4v) is 1.70. The van der Waals surface area contributed by atoms with E-state index in [0.717, 1.165) is 17.2 Å². The molecule has 68 valence electrons. The van der Waals surface area contributed by atoms with Crippen LogP contribution in [0.4, 0.5) is 0 Å². The SMILES string of the molecule is N#Cc1cccnc1SCCCO. The van der Waals surface area contributed by atoms with Gasteiger partial charge in [-0.15, -0.1) is 11.8 Å². The van der Waals surface area contributed by atoms with Gasteiger partial charge < -0.3 is 5.11 Å². The van der Waals surface area contributed by atoms with E-state index in [-0.39, 0.29) is 6.61 Å². The second-order valence-electron chi connectivity index (χ2n) is 2.39. The van der Waals surface area contributed by atoms with E-state index in [1.54, 1.807) is 18.3 Å². The van der Waals surface area contributed by atoms with Crippen LogP contribution in [0.2, 0.25) is 0 Å². The van der Waals surface area contributed by atoms with Crippen molar-refractivity contribution in [3.63, 3.8) is 0 Å². The molecule has 1 aromatic heterocycles. The lowest BCUT2D eigenvalue weighted by Gasteiger charge is -2.00. The summed E-state index contributed by atoms with van der Waals surface area (Å²) in [6.07, 6.45) is 2.40. The topological polar surface area (TPSA) is 56.9 Å². The first kappa shape index (κ1) is 10.0. The standard InChI is InChI=1S/C9H10N2OS/c10-7-8-3-1-4-11-9(8)13-6-2-5-12/h1,3-4,12H,2,5-6H2. The van der Waals surface area contributed by atoms with Gasteiger partial charge in [0.25, 0.3) is 0 Å². The van der Waals surface area contributed by atoms with Crippen molar-refractivity contribution in [3.05, 3.63) is 23.9 Å². The van der Waals surface area contributed by atoms with Crippen LogP contribution in [-0.2, 0) is 0 Å². The van der Waals surface area contributed by atoms with Crippen LogP contribution in [0.5, 0.6) is 0 Å². The first-order valence-corrected chi connectivity index (χ1v) is 4.96. The molecule has 1 aromatic rings. The lowest BCUT2D eigenvalue weighted by atomic mass is 10.3. The van der Waals surface area contributed by atoms with Gasteiger partial charge in [-0.3, -0.25) is 0 Å². The van der Waals surface area contributed by atoms with Crippen molar-refractivity contribution in [2.45, 2.75) is 11.4 Å². The maximum Gasteiger partial charge on any atom is 0.114 e. The Hall–Kier alpha value is -1.05. The zero-order valence-corrected chi connectivity index (χ0v) is 7.92. The van der Waals surface area contributed by atoms with E-state index in [1.807, 2.05) is 0 Å². The number of thioether (sulfide) groups is 1. The highest BCUT2D eigenvalue weighted by atomic mass is 32.2. The number of rotatable bonds is 4. The van der Waals surface area contributed by atoms with Crippen LogP contribution < -0.4 is 0 Å². The van der Waals surface area contributed by atoms with Gasteiger partial charge in [0.1, 0.15) is 11.1 Å². The third-order valence-electron chi connectivity index (χ3n) is 1.43. The lowest BCUT2D eigenvalue weighted by molar-refractivity contribution is 0.296. The maximum atomic E-state index is 8.72. The highest BCUT2D eigenvalue weighted by Gasteiger charge is 2.01. The summed E-state index contributed by atoms with van der Waals surface area (Å²) < 4.78 is 0. The Labute approximate surface area is 81.4 Å². The Morgan fingerprint density at radius 3 is 3.15 bits per heavy atom. The van der Waals surface area contributed by atoms with E-state index in [1.165, 1.54) is 11.8 Å². The molecule has 1 rings (SSSR count). The molecule has 0 radical (unpaired) electrons.